The van der Waals surface area contributed by atoms with Crippen LogP contribution in [0.15, 0.2) is 30.3 Å². The van der Waals surface area contributed by atoms with E-state index >= 15 is 0 Å². The summed E-state index contributed by atoms with van der Waals surface area (Å²) >= 11 is 0. The summed E-state index contributed by atoms with van der Waals surface area (Å²) in [6.07, 6.45) is 0. The van der Waals surface area contributed by atoms with E-state index in [0.29, 0.717) is 0 Å². The van der Waals surface area contributed by atoms with Crippen molar-refractivity contribution in [1.29, 1.82) is 0 Å². The third-order valence-corrected chi connectivity index (χ3v) is 1.50. The van der Waals surface area contributed by atoms with Gasteiger partial charge < -0.3 is 9.96 Å². The minimum atomic E-state index is 0. The zero-order valence-corrected chi connectivity index (χ0v) is 11.7. The number of hydrogen-bond donors (Lipinski definition) is 0. The fourth-order valence-corrected chi connectivity index (χ4v) is 1.13. The molecule has 1 rings (SSSR count). The molecule has 0 aromatic heterocycles. The summed E-state index contributed by atoms with van der Waals surface area (Å²) < 4.78 is 0.990. The molecule has 1 aromatic rings. The molecule has 0 bridgehead atoms. The first-order chi connectivity index (χ1) is 5.08. The summed E-state index contributed by atoms with van der Waals surface area (Å²) in [5.41, 5.74) is 1.40. The minimum absolute atomic E-state index is 0. The second kappa shape index (κ2) is 6.25. The normalized spacial score (nSPS) is 9.77. The molecule has 2 N–H and O–H groups in total. The van der Waals surface area contributed by atoms with Crippen molar-refractivity contribution in [3.05, 3.63) is 35.9 Å². The predicted molar refractivity (Wildman–Crippen MR) is 51.8 cm³/mol. The van der Waals surface area contributed by atoms with Gasteiger partial charge in [-0.1, -0.05) is 30.3 Å². The Morgan fingerprint density at radius 2 is 1.46 bits per heavy atom. The van der Waals surface area contributed by atoms with Crippen molar-refractivity contribution >= 4 is 0 Å². The van der Waals surface area contributed by atoms with Gasteiger partial charge in [-0.25, -0.2) is 0 Å². The van der Waals surface area contributed by atoms with Gasteiger partial charge in [0, 0.05) is 25.0 Å². The van der Waals surface area contributed by atoms with Crippen LogP contribution in [0.3, 0.4) is 0 Å². The fraction of sp³-hybridized carbons (Fsp3) is 0.400. The quantitative estimate of drug-likeness (QED) is 0.541. The van der Waals surface area contributed by atoms with Crippen LogP contribution in [0.25, 0.3) is 0 Å². The third-order valence-electron chi connectivity index (χ3n) is 1.50. The van der Waals surface area contributed by atoms with E-state index < -0.39 is 0 Å². The van der Waals surface area contributed by atoms with E-state index in [4.69, 9.17) is 0 Å². The van der Waals surface area contributed by atoms with Gasteiger partial charge in [-0.05, 0) is 0 Å². The smallest absolute Gasteiger partial charge is 0.104 e. The summed E-state index contributed by atoms with van der Waals surface area (Å²) in [5.74, 6) is 0. The van der Waals surface area contributed by atoms with Crippen LogP contribution in [-0.4, -0.2) is 31.1 Å². The van der Waals surface area contributed by atoms with Gasteiger partial charge in [0.1, 0.15) is 6.54 Å². The Morgan fingerprint density at radius 3 is 1.85 bits per heavy atom. The van der Waals surface area contributed by atoms with Gasteiger partial charge in [0.25, 0.3) is 0 Å². The molecule has 0 spiro atoms. The van der Waals surface area contributed by atoms with Gasteiger partial charge in [-0.15, -0.1) is 0 Å². The summed E-state index contributed by atoms with van der Waals surface area (Å²) in [7, 11) is 6.60. The summed E-state index contributed by atoms with van der Waals surface area (Å²) in [5, 5.41) is 0. The van der Waals surface area contributed by atoms with Crippen molar-refractivity contribution in [2.45, 2.75) is 6.54 Å². The van der Waals surface area contributed by atoms with Crippen LogP contribution in [0.2, 0.25) is 0 Å². The minimum Gasteiger partial charge on any atom is -0.412 e. The van der Waals surface area contributed by atoms with Gasteiger partial charge in [0.15, 0.2) is 0 Å². The average Bonchev–Trinajstić information content (AvgIpc) is 1.85. The molecule has 0 saturated carbocycles. The largest absolute Gasteiger partial charge is 0.412 e. The standard InChI is InChI=1S/C10H16N.H2O.Zn/c1-11(2,3)9-10-7-5-4-6-8-10;;/h4-8H,9H2,1-3H3;1H2;/q+1;;. The molecule has 0 saturated heterocycles. The van der Waals surface area contributed by atoms with Gasteiger partial charge in [-0.3, -0.25) is 0 Å². The van der Waals surface area contributed by atoms with E-state index in [1.165, 1.54) is 5.56 Å². The average molecular weight is 234 g/mol. The van der Waals surface area contributed by atoms with Gasteiger partial charge in [-0.2, -0.15) is 0 Å². The Morgan fingerprint density at radius 1 is 1.00 bits per heavy atom. The van der Waals surface area contributed by atoms with Crippen LogP contribution in [0.5, 0.6) is 0 Å². The first kappa shape index (κ1) is 15.2. The molecular weight excluding hydrogens is 216 g/mol. The van der Waals surface area contributed by atoms with Crippen molar-refractivity contribution in [2.75, 3.05) is 21.1 Å². The molecule has 0 aliphatic carbocycles. The van der Waals surface area contributed by atoms with E-state index in [1.54, 1.807) is 0 Å². The number of hydrogen-bond acceptors (Lipinski definition) is 0. The number of nitrogens with zero attached hydrogens (tertiary/aromatic N) is 1. The van der Waals surface area contributed by atoms with Gasteiger partial charge in [0.2, 0.25) is 0 Å². The molecule has 3 heteroatoms. The van der Waals surface area contributed by atoms with Crippen molar-refractivity contribution in [1.82, 2.24) is 0 Å². The Balaban J connectivity index is 0. The van der Waals surface area contributed by atoms with E-state index in [-0.39, 0.29) is 25.0 Å². The summed E-state index contributed by atoms with van der Waals surface area (Å²) in [6, 6.07) is 10.6. The first-order valence-corrected chi connectivity index (χ1v) is 3.92. The topological polar surface area (TPSA) is 31.5 Å². The number of rotatable bonds is 2. The molecule has 1 aromatic carbocycles. The molecule has 0 amide bonds. The maximum Gasteiger partial charge on any atom is 0.104 e. The maximum absolute atomic E-state index is 2.20. The maximum atomic E-state index is 2.20. The van der Waals surface area contributed by atoms with Crippen molar-refractivity contribution in [3.8, 4) is 0 Å². The van der Waals surface area contributed by atoms with Gasteiger partial charge in [0.05, 0.1) is 21.1 Å². The van der Waals surface area contributed by atoms with Gasteiger partial charge >= 0.3 is 0 Å². The third kappa shape index (κ3) is 6.88. The van der Waals surface area contributed by atoms with Crippen LogP contribution < -0.4 is 0 Å². The molecule has 0 aliphatic rings. The van der Waals surface area contributed by atoms with Crippen LogP contribution in [-0.2, 0) is 26.0 Å². The number of benzene rings is 1. The Hall–Kier alpha value is -0.237. The van der Waals surface area contributed by atoms with Crippen LogP contribution in [0, 0.1) is 0 Å². The second-order valence-electron chi connectivity index (χ2n) is 3.93. The summed E-state index contributed by atoms with van der Waals surface area (Å²) in [4.78, 5) is 0. The first-order valence-electron chi connectivity index (χ1n) is 3.92. The molecule has 0 radical (unpaired) electrons. The number of quaternary nitrogens is 1. The molecule has 13 heavy (non-hydrogen) atoms. The zero-order valence-electron chi connectivity index (χ0n) is 8.75. The molecule has 2 nitrogen and oxygen atoms in total. The Kier molecular flexibility index (Phi) is 7.33. The van der Waals surface area contributed by atoms with Crippen molar-refractivity contribution in [3.63, 3.8) is 0 Å². The van der Waals surface area contributed by atoms with E-state index in [2.05, 4.69) is 51.5 Å². The van der Waals surface area contributed by atoms with Crippen molar-refractivity contribution < 1.29 is 29.4 Å². The Bertz CT molecular complexity index is 218. The molecular formula is C10H18NOZn+. The van der Waals surface area contributed by atoms with E-state index in [0.717, 1.165) is 11.0 Å². The van der Waals surface area contributed by atoms with E-state index in [1.807, 2.05) is 0 Å². The molecule has 70 valence electrons. The second-order valence-corrected chi connectivity index (χ2v) is 3.93. The molecule has 0 unspecified atom stereocenters. The monoisotopic (exact) mass is 232 g/mol. The predicted octanol–water partition coefficient (Wildman–Crippen LogP) is 1.07. The van der Waals surface area contributed by atoms with Crippen molar-refractivity contribution in [2.24, 2.45) is 0 Å². The van der Waals surface area contributed by atoms with Crippen LogP contribution in [0.1, 0.15) is 5.56 Å². The molecule has 0 aliphatic heterocycles. The molecule has 0 atom stereocenters. The Labute approximate surface area is 93.2 Å². The summed E-state index contributed by atoms with van der Waals surface area (Å²) in [6.45, 7) is 1.10. The van der Waals surface area contributed by atoms with Crippen LogP contribution in [0.4, 0.5) is 0 Å². The molecule has 0 heterocycles. The zero-order chi connectivity index (χ0) is 8.32. The fourth-order valence-electron chi connectivity index (χ4n) is 1.13. The molecule has 0 fully saturated rings. The SMILES string of the molecule is C[N+](C)(C)Cc1ccccc1.O.[Zn]. The van der Waals surface area contributed by atoms with E-state index in [9.17, 15) is 0 Å². The van der Waals surface area contributed by atoms with Crippen LogP contribution >= 0.6 is 0 Å².